The van der Waals surface area contributed by atoms with E-state index in [-0.39, 0.29) is 17.5 Å². The van der Waals surface area contributed by atoms with Crippen molar-refractivity contribution in [3.05, 3.63) is 12.7 Å². The Morgan fingerprint density at radius 2 is 2.08 bits per heavy atom. The molecule has 0 radical (unpaired) electrons. The van der Waals surface area contributed by atoms with Crippen LogP contribution in [-0.2, 0) is 4.79 Å². The molecule has 0 aliphatic rings. The second kappa shape index (κ2) is 4.26. The molecule has 0 saturated heterocycles. The summed E-state index contributed by atoms with van der Waals surface area (Å²) < 4.78 is 0. The fourth-order valence-corrected chi connectivity index (χ4v) is 0.838. The molecule has 0 fully saturated rings. The van der Waals surface area contributed by atoms with Crippen LogP contribution in [0.15, 0.2) is 12.7 Å². The predicted molar refractivity (Wildman–Crippen MR) is 50.9 cm³/mol. The minimum absolute atomic E-state index is 0.137. The Kier molecular flexibility index (Phi) is 3.96. The van der Waals surface area contributed by atoms with E-state index < -0.39 is 0 Å². The number of carbonyl (C=O) groups is 1. The van der Waals surface area contributed by atoms with Crippen LogP contribution >= 0.6 is 0 Å². The predicted octanol–water partition coefficient (Wildman–Crippen LogP) is 0.675. The maximum absolute atomic E-state index is 11.0. The molecular weight excluding hydrogens is 152 g/mol. The van der Waals surface area contributed by atoms with E-state index in [0.717, 1.165) is 0 Å². The molecule has 70 valence electrons. The number of nitrogens with one attached hydrogen (secondary N) is 2. The lowest BCUT2D eigenvalue weighted by atomic mass is 9.96. The summed E-state index contributed by atoms with van der Waals surface area (Å²) in [5.41, 5.74) is -0.250. The third kappa shape index (κ3) is 3.05. The molecule has 1 unspecified atom stereocenters. The molecule has 1 amide bonds. The van der Waals surface area contributed by atoms with Gasteiger partial charge in [0, 0.05) is 11.6 Å². The number of likely N-dealkylation sites (N-methyl/N-ethyl adjacent to an activating group) is 1. The second-order valence-electron chi connectivity index (χ2n) is 3.43. The summed E-state index contributed by atoms with van der Waals surface area (Å²) in [5.74, 6) is -0.137. The van der Waals surface area contributed by atoms with Gasteiger partial charge in [0.15, 0.2) is 0 Å². The third-order valence-corrected chi connectivity index (χ3v) is 2.15. The van der Waals surface area contributed by atoms with Crippen molar-refractivity contribution in [1.82, 2.24) is 10.6 Å². The minimum Gasteiger partial charge on any atom is -0.346 e. The smallest absolute Gasteiger partial charge is 0.243 e. The number of rotatable bonds is 4. The Labute approximate surface area is 74.2 Å². The molecule has 0 spiro atoms. The van der Waals surface area contributed by atoms with Gasteiger partial charge in [-0.1, -0.05) is 6.58 Å². The monoisotopic (exact) mass is 170 g/mol. The van der Waals surface area contributed by atoms with Crippen LogP contribution in [0.2, 0.25) is 0 Å². The standard InChI is InChI=1S/C9H18N2O/c1-6-8(12)11-9(3,4)7(2)10-5/h6-7,10H,1H2,2-5H3,(H,11,12). The van der Waals surface area contributed by atoms with Crippen molar-refractivity contribution in [2.45, 2.75) is 32.4 Å². The van der Waals surface area contributed by atoms with E-state index in [0.29, 0.717) is 0 Å². The Bertz CT molecular complexity index is 175. The molecule has 0 aromatic carbocycles. The van der Waals surface area contributed by atoms with Gasteiger partial charge in [-0.2, -0.15) is 0 Å². The van der Waals surface area contributed by atoms with Crippen molar-refractivity contribution in [1.29, 1.82) is 0 Å². The molecule has 0 aromatic heterocycles. The third-order valence-electron chi connectivity index (χ3n) is 2.15. The molecule has 0 bridgehead atoms. The van der Waals surface area contributed by atoms with E-state index in [9.17, 15) is 4.79 Å². The van der Waals surface area contributed by atoms with Crippen LogP contribution in [0.1, 0.15) is 20.8 Å². The maximum Gasteiger partial charge on any atom is 0.243 e. The van der Waals surface area contributed by atoms with Gasteiger partial charge >= 0.3 is 0 Å². The van der Waals surface area contributed by atoms with Gasteiger partial charge in [0.1, 0.15) is 0 Å². The highest BCUT2D eigenvalue weighted by Crippen LogP contribution is 2.07. The first-order valence-corrected chi connectivity index (χ1v) is 4.06. The highest BCUT2D eigenvalue weighted by atomic mass is 16.1. The zero-order valence-corrected chi connectivity index (χ0v) is 8.27. The molecule has 3 heteroatoms. The van der Waals surface area contributed by atoms with Crippen molar-refractivity contribution in [3.8, 4) is 0 Å². The van der Waals surface area contributed by atoms with Gasteiger partial charge in [0.05, 0.1) is 0 Å². The first kappa shape index (κ1) is 11.2. The molecule has 0 aliphatic carbocycles. The van der Waals surface area contributed by atoms with Crippen molar-refractivity contribution in [2.24, 2.45) is 0 Å². The molecule has 0 aromatic rings. The molecule has 0 aliphatic heterocycles. The first-order valence-electron chi connectivity index (χ1n) is 4.06. The van der Waals surface area contributed by atoms with Crippen LogP contribution in [0.25, 0.3) is 0 Å². The van der Waals surface area contributed by atoms with Gasteiger partial charge in [-0.05, 0) is 33.9 Å². The van der Waals surface area contributed by atoms with Gasteiger partial charge in [-0.15, -0.1) is 0 Å². The summed E-state index contributed by atoms with van der Waals surface area (Å²) in [6, 6.07) is 0.224. The summed E-state index contributed by atoms with van der Waals surface area (Å²) >= 11 is 0. The fraction of sp³-hybridized carbons (Fsp3) is 0.667. The van der Waals surface area contributed by atoms with E-state index in [4.69, 9.17) is 0 Å². The lowest BCUT2D eigenvalue weighted by Gasteiger charge is -2.32. The Balaban J connectivity index is 4.20. The van der Waals surface area contributed by atoms with Crippen LogP contribution in [0.3, 0.4) is 0 Å². The van der Waals surface area contributed by atoms with E-state index in [2.05, 4.69) is 17.2 Å². The van der Waals surface area contributed by atoms with Crippen molar-refractivity contribution >= 4 is 5.91 Å². The summed E-state index contributed by atoms with van der Waals surface area (Å²) in [7, 11) is 1.87. The SMILES string of the molecule is C=CC(=O)NC(C)(C)C(C)NC. The Hall–Kier alpha value is -0.830. The van der Waals surface area contributed by atoms with E-state index in [1.807, 2.05) is 27.8 Å². The zero-order valence-electron chi connectivity index (χ0n) is 8.27. The number of hydrogen-bond donors (Lipinski definition) is 2. The highest BCUT2D eigenvalue weighted by Gasteiger charge is 2.25. The largest absolute Gasteiger partial charge is 0.346 e. The van der Waals surface area contributed by atoms with E-state index >= 15 is 0 Å². The molecule has 12 heavy (non-hydrogen) atoms. The first-order chi connectivity index (χ1) is 5.44. The van der Waals surface area contributed by atoms with Crippen LogP contribution < -0.4 is 10.6 Å². The quantitative estimate of drug-likeness (QED) is 0.609. The number of carbonyl (C=O) groups excluding carboxylic acids is 1. The van der Waals surface area contributed by atoms with Crippen molar-refractivity contribution < 1.29 is 4.79 Å². The molecular formula is C9H18N2O. The van der Waals surface area contributed by atoms with Gasteiger partial charge in [-0.3, -0.25) is 4.79 Å². The lowest BCUT2D eigenvalue weighted by molar-refractivity contribution is -0.118. The van der Waals surface area contributed by atoms with Crippen LogP contribution in [0.4, 0.5) is 0 Å². The summed E-state index contributed by atoms with van der Waals surface area (Å²) in [4.78, 5) is 11.0. The molecule has 0 heterocycles. The Morgan fingerprint density at radius 1 is 1.58 bits per heavy atom. The average molecular weight is 170 g/mol. The zero-order chi connectivity index (χ0) is 9.78. The van der Waals surface area contributed by atoms with Crippen LogP contribution in [-0.4, -0.2) is 24.5 Å². The molecule has 0 rings (SSSR count). The van der Waals surface area contributed by atoms with Gasteiger partial charge in [0.25, 0.3) is 0 Å². The normalized spacial score (nSPS) is 13.7. The van der Waals surface area contributed by atoms with Crippen LogP contribution in [0, 0.1) is 0 Å². The molecule has 0 saturated carbocycles. The summed E-state index contributed by atoms with van der Waals surface area (Å²) in [6.45, 7) is 9.35. The van der Waals surface area contributed by atoms with Gasteiger partial charge in [-0.25, -0.2) is 0 Å². The average Bonchev–Trinajstić information content (AvgIpc) is 2.02. The molecule has 1 atom stereocenters. The number of hydrogen-bond acceptors (Lipinski definition) is 2. The second-order valence-corrected chi connectivity index (χ2v) is 3.43. The van der Waals surface area contributed by atoms with Gasteiger partial charge < -0.3 is 10.6 Å². The van der Waals surface area contributed by atoms with Crippen molar-refractivity contribution in [3.63, 3.8) is 0 Å². The lowest BCUT2D eigenvalue weighted by Crippen LogP contribution is -2.55. The van der Waals surface area contributed by atoms with E-state index in [1.54, 1.807) is 0 Å². The highest BCUT2D eigenvalue weighted by molar-refractivity contribution is 5.87. The number of amides is 1. The van der Waals surface area contributed by atoms with Crippen molar-refractivity contribution in [2.75, 3.05) is 7.05 Å². The minimum atomic E-state index is -0.250. The topological polar surface area (TPSA) is 41.1 Å². The summed E-state index contributed by atoms with van der Waals surface area (Å²) in [6.07, 6.45) is 1.28. The fourth-order valence-electron chi connectivity index (χ4n) is 0.838. The summed E-state index contributed by atoms with van der Waals surface area (Å²) in [5, 5.41) is 5.92. The maximum atomic E-state index is 11.0. The Morgan fingerprint density at radius 3 is 2.42 bits per heavy atom. The van der Waals surface area contributed by atoms with Gasteiger partial charge in [0.2, 0.25) is 5.91 Å². The molecule has 3 nitrogen and oxygen atoms in total. The van der Waals surface area contributed by atoms with E-state index in [1.165, 1.54) is 6.08 Å². The van der Waals surface area contributed by atoms with Crippen LogP contribution in [0.5, 0.6) is 0 Å². The molecule has 2 N–H and O–H groups in total.